The van der Waals surface area contributed by atoms with Gasteiger partial charge in [-0.05, 0) is 18.2 Å². The van der Waals surface area contributed by atoms with Crippen molar-refractivity contribution in [1.29, 1.82) is 0 Å². The first-order valence-corrected chi connectivity index (χ1v) is 10.6. The van der Waals surface area contributed by atoms with Gasteiger partial charge in [-0.3, -0.25) is 0 Å². The third-order valence-corrected chi connectivity index (χ3v) is 5.31. The molecule has 7 N–H and O–H groups in total. The van der Waals surface area contributed by atoms with Crippen LogP contribution in [0.25, 0.3) is 10.9 Å². The quantitative estimate of drug-likeness (QED) is 0.226. The zero-order valence-electron chi connectivity index (χ0n) is 19.9. The van der Waals surface area contributed by atoms with Crippen LogP contribution in [-0.4, -0.2) is 94.9 Å². The minimum absolute atomic E-state index is 0. The Morgan fingerprint density at radius 1 is 0.889 bits per heavy atom. The largest absolute Gasteiger partial charge is 0.497 e. The summed E-state index contributed by atoms with van der Waals surface area (Å²) in [5.41, 5.74) is 1.01. The van der Waals surface area contributed by atoms with E-state index in [-0.39, 0.29) is 17.0 Å². The van der Waals surface area contributed by atoms with Crippen LogP contribution >= 0.6 is 0 Å². The number of aliphatic hydroxyl groups excluding tert-OH is 4. The number of ether oxygens (including phenoxy) is 4. The second-order valence-electron chi connectivity index (χ2n) is 7.45. The summed E-state index contributed by atoms with van der Waals surface area (Å²) in [6.07, 6.45) is -6.01. The molecule has 0 spiro atoms. The Morgan fingerprint density at radius 2 is 1.61 bits per heavy atom. The van der Waals surface area contributed by atoms with E-state index in [4.69, 9.17) is 24.1 Å². The van der Waals surface area contributed by atoms with E-state index in [0.717, 1.165) is 0 Å². The van der Waals surface area contributed by atoms with Gasteiger partial charge in [-0.25, -0.2) is 14.4 Å². The molecule has 3 aromatic rings. The van der Waals surface area contributed by atoms with Crippen molar-refractivity contribution in [1.82, 2.24) is 9.97 Å². The van der Waals surface area contributed by atoms with Crippen LogP contribution in [0.3, 0.4) is 0 Å². The summed E-state index contributed by atoms with van der Waals surface area (Å²) in [6.45, 7) is -1.75. The lowest BCUT2D eigenvalue weighted by molar-refractivity contribution is -0.0981. The molecular weight excluding hydrogens is 481 g/mol. The molecule has 4 atom stereocenters. The van der Waals surface area contributed by atoms with Gasteiger partial charge in [0.25, 0.3) is 0 Å². The Morgan fingerprint density at radius 3 is 2.22 bits per heavy atom. The first-order valence-electron chi connectivity index (χ1n) is 10.6. The second kappa shape index (κ2) is 13.0. The summed E-state index contributed by atoms with van der Waals surface area (Å²) in [5.74, 6) is 1.86. The topological polar surface area (TPSA) is 187 Å². The summed E-state index contributed by atoms with van der Waals surface area (Å²) in [7, 11) is 4.47. The molecule has 0 amide bonds. The van der Waals surface area contributed by atoms with Crippen molar-refractivity contribution in [3.8, 4) is 23.0 Å². The van der Waals surface area contributed by atoms with E-state index in [1.165, 1.54) is 26.6 Å². The molecule has 3 rings (SSSR count). The molecule has 12 nitrogen and oxygen atoms in total. The van der Waals surface area contributed by atoms with Crippen LogP contribution in [-0.2, 0) is 0 Å². The first kappa shape index (κ1) is 28.7. The predicted molar refractivity (Wildman–Crippen MR) is 128 cm³/mol. The zero-order chi connectivity index (χ0) is 25.5. The fourth-order valence-corrected chi connectivity index (χ4v) is 3.37. The number of hydrogen-bond acceptors (Lipinski definition) is 11. The SMILES string of the molecule is COc1ccc(OC)c(Nc2ncnc3cc(O[C@H](CO)[C@H](O)[C@@H](O)[C@H](F)CO)c(OC)cc23)c1.O. The fraction of sp³-hybridized carbons (Fsp3) is 0.391. The summed E-state index contributed by atoms with van der Waals surface area (Å²) in [5, 5.41) is 42.4. The highest BCUT2D eigenvalue weighted by molar-refractivity contribution is 5.93. The number of nitrogens with one attached hydrogen (secondary N) is 1. The van der Waals surface area contributed by atoms with Gasteiger partial charge in [0.05, 0.1) is 45.7 Å². The molecule has 0 bridgehead atoms. The molecule has 0 aliphatic rings. The van der Waals surface area contributed by atoms with E-state index in [2.05, 4.69) is 15.3 Å². The van der Waals surface area contributed by atoms with Crippen molar-refractivity contribution in [2.45, 2.75) is 24.5 Å². The summed E-state index contributed by atoms with van der Waals surface area (Å²) in [6, 6.07) is 8.31. The Kier molecular flexibility index (Phi) is 10.4. The van der Waals surface area contributed by atoms with Crippen LogP contribution < -0.4 is 24.3 Å². The Hall–Kier alpha value is -3.49. The van der Waals surface area contributed by atoms with Gasteiger partial charge in [0.1, 0.15) is 35.9 Å². The van der Waals surface area contributed by atoms with Crippen LogP contribution in [0.1, 0.15) is 0 Å². The molecular formula is C23H30FN3O9. The first-order chi connectivity index (χ1) is 16.9. The van der Waals surface area contributed by atoms with Gasteiger partial charge in [0.15, 0.2) is 23.8 Å². The molecule has 36 heavy (non-hydrogen) atoms. The smallest absolute Gasteiger partial charge is 0.164 e. The van der Waals surface area contributed by atoms with Crippen LogP contribution in [0, 0.1) is 0 Å². The average Bonchev–Trinajstić information content (AvgIpc) is 2.89. The molecule has 1 heterocycles. The molecule has 0 fully saturated rings. The summed E-state index contributed by atoms with van der Waals surface area (Å²) >= 11 is 0. The van der Waals surface area contributed by atoms with Gasteiger partial charge < -0.3 is 50.2 Å². The van der Waals surface area contributed by atoms with Crippen LogP contribution in [0.2, 0.25) is 0 Å². The minimum atomic E-state index is -2.11. The van der Waals surface area contributed by atoms with Crippen molar-refractivity contribution in [3.05, 3.63) is 36.7 Å². The predicted octanol–water partition coefficient (Wildman–Crippen LogP) is 0.366. The molecule has 0 aliphatic carbocycles. The highest BCUT2D eigenvalue weighted by Crippen LogP contribution is 2.37. The number of rotatable bonds is 12. The lowest BCUT2D eigenvalue weighted by Crippen LogP contribution is -2.48. The van der Waals surface area contributed by atoms with Crippen LogP contribution in [0.4, 0.5) is 15.9 Å². The molecule has 198 valence electrons. The van der Waals surface area contributed by atoms with E-state index in [9.17, 15) is 19.7 Å². The molecule has 0 radical (unpaired) electrons. The number of hydrogen-bond donors (Lipinski definition) is 5. The van der Waals surface area contributed by atoms with E-state index in [0.29, 0.717) is 33.9 Å². The van der Waals surface area contributed by atoms with Crippen molar-refractivity contribution in [3.63, 3.8) is 0 Å². The summed E-state index contributed by atoms with van der Waals surface area (Å²) in [4.78, 5) is 8.54. The van der Waals surface area contributed by atoms with Crippen molar-refractivity contribution in [2.75, 3.05) is 39.9 Å². The summed E-state index contributed by atoms with van der Waals surface area (Å²) < 4.78 is 35.4. The Bertz CT molecular complexity index is 1140. The number of nitrogens with zero attached hydrogens (tertiary/aromatic N) is 2. The van der Waals surface area contributed by atoms with Crippen LogP contribution in [0.5, 0.6) is 23.0 Å². The highest BCUT2D eigenvalue weighted by atomic mass is 19.1. The van der Waals surface area contributed by atoms with Crippen molar-refractivity contribution >= 4 is 22.4 Å². The van der Waals surface area contributed by atoms with Gasteiger partial charge in [-0.2, -0.15) is 0 Å². The number of methoxy groups -OCH3 is 3. The van der Waals surface area contributed by atoms with Crippen molar-refractivity contribution < 1.29 is 49.2 Å². The maximum absolute atomic E-state index is 13.6. The van der Waals surface area contributed by atoms with Gasteiger partial charge in [-0.1, -0.05) is 0 Å². The number of alkyl halides is 1. The average molecular weight is 512 g/mol. The van der Waals surface area contributed by atoms with E-state index in [1.807, 2.05) is 0 Å². The number of aromatic nitrogens is 2. The van der Waals surface area contributed by atoms with Gasteiger partial charge in [-0.15, -0.1) is 0 Å². The molecule has 0 saturated carbocycles. The zero-order valence-corrected chi connectivity index (χ0v) is 19.9. The molecule has 13 heteroatoms. The van der Waals surface area contributed by atoms with Crippen LogP contribution in [0.15, 0.2) is 36.7 Å². The lowest BCUT2D eigenvalue weighted by Gasteiger charge is -2.28. The Balaban J connectivity index is 0.00000456. The van der Waals surface area contributed by atoms with Gasteiger partial charge in [0, 0.05) is 17.5 Å². The number of anilines is 2. The number of benzene rings is 2. The number of halogens is 1. The number of aliphatic hydroxyl groups is 4. The molecule has 0 saturated heterocycles. The van der Waals surface area contributed by atoms with Crippen molar-refractivity contribution in [2.24, 2.45) is 0 Å². The van der Waals surface area contributed by atoms with Gasteiger partial charge in [0.2, 0.25) is 0 Å². The maximum Gasteiger partial charge on any atom is 0.164 e. The molecule has 0 unspecified atom stereocenters. The third-order valence-electron chi connectivity index (χ3n) is 5.31. The minimum Gasteiger partial charge on any atom is -0.497 e. The van der Waals surface area contributed by atoms with E-state index in [1.54, 1.807) is 31.4 Å². The van der Waals surface area contributed by atoms with Gasteiger partial charge >= 0.3 is 0 Å². The number of fused-ring (bicyclic) bond motifs is 1. The highest BCUT2D eigenvalue weighted by Gasteiger charge is 2.34. The fourth-order valence-electron chi connectivity index (χ4n) is 3.37. The van der Waals surface area contributed by atoms with E-state index < -0.39 is 37.7 Å². The monoisotopic (exact) mass is 511 g/mol. The third kappa shape index (κ3) is 6.19. The standard InChI is InChI=1S/C23H28FN3O8.H2O/c1-32-12-4-5-17(33-2)16(6-12)27-23-13-7-18(34-3)19(8-15(13)25-11-26-23)35-20(10-29)22(31)21(30)14(24)9-28;/h4-8,11,14,20-22,28-31H,9-10H2,1-3H3,(H,25,26,27);1H2/t14-,20-,21+,22+;/m1./s1. The molecule has 1 aromatic heterocycles. The maximum atomic E-state index is 13.6. The Labute approximate surface area is 206 Å². The lowest BCUT2D eigenvalue weighted by atomic mass is 10.0. The molecule has 0 aliphatic heterocycles. The normalized spacial score (nSPS) is 14.2. The molecule has 2 aromatic carbocycles. The second-order valence-corrected chi connectivity index (χ2v) is 7.45. The van der Waals surface area contributed by atoms with E-state index >= 15 is 0 Å².